The summed E-state index contributed by atoms with van der Waals surface area (Å²) in [6, 6.07) is 11.0. The minimum absolute atomic E-state index is 0.868. The van der Waals surface area contributed by atoms with Gasteiger partial charge in [-0.25, -0.2) is 0 Å². The smallest absolute Gasteiger partial charge is 0.0138 e. The van der Waals surface area contributed by atoms with Crippen LogP contribution in [0.3, 0.4) is 0 Å². The summed E-state index contributed by atoms with van der Waals surface area (Å²) in [4.78, 5) is 0. The zero-order valence-corrected chi connectivity index (χ0v) is 14.7. The van der Waals surface area contributed by atoms with E-state index in [-0.39, 0.29) is 0 Å². The molecule has 0 fully saturated rings. The van der Waals surface area contributed by atoms with Gasteiger partial charge in [-0.15, -0.1) is 0 Å². The van der Waals surface area contributed by atoms with Gasteiger partial charge in [0.25, 0.3) is 0 Å². The summed E-state index contributed by atoms with van der Waals surface area (Å²) in [6.45, 7) is 4.61. The highest BCUT2D eigenvalue weighted by atomic mass is 127. The fourth-order valence-electron chi connectivity index (χ4n) is 2.60. The van der Waals surface area contributed by atoms with Crippen molar-refractivity contribution in [2.24, 2.45) is 5.92 Å². The molecule has 1 rings (SSSR count). The van der Waals surface area contributed by atoms with Crippen LogP contribution in [0.2, 0.25) is 0 Å². The van der Waals surface area contributed by atoms with Crippen molar-refractivity contribution in [1.82, 2.24) is 0 Å². The molecule has 0 N–H and O–H groups in total. The summed E-state index contributed by atoms with van der Waals surface area (Å²) in [6.07, 6.45) is 10.9. The van der Waals surface area contributed by atoms with Crippen LogP contribution in [0.1, 0.15) is 64.4 Å². The maximum atomic E-state index is 2.71. The third-order valence-corrected chi connectivity index (χ3v) is 5.56. The maximum absolute atomic E-state index is 2.71. The van der Waals surface area contributed by atoms with E-state index >= 15 is 0 Å². The first-order valence-corrected chi connectivity index (χ1v) is 9.20. The molecule has 0 spiro atoms. The predicted octanol–water partition coefficient (Wildman–Crippen LogP) is 6.42. The van der Waals surface area contributed by atoms with Crippen molar-refractivity contribution in [3.63, 3.8) is 0 Å². The van der Waals surface area contributed by atoms with Gasteiger partial charge in [0, 0.05) is 3.92 Å². The number of benzene rings is 1. The molecule has 1 heteroatoms. The van der Waals surface area contributed by atoms with Crippen LogP contribution >= 0.6 is 22.6 Å². The number of aryl methyl sites for hydroxylation is 1. The van der Waals surface area contributed by atoms with E-state index in [2.05, 4.69) is 66.8 Å². The molecule has 0 aliphatic carbocycles. The Labute approximate surface area is 133 Å². The average molecular weight is 372 g/mol. The van der Waals surface area contributed by atoms with E-state index in [0.29, 0.717) is 0 Å². The van der Waals surface area contributed by atoms with Crippen LogP contribution in [0.25, 0.3) is 0 Å². The second-order valence-electron chi connectivity index (χ2n) is 5.58. The Hall–Kier alpha value is -0.0500. The van der Waals surface area contributed by atoms with Crippen LogP contribution in [0, 0.1) is 5.92 Å². The first-order chi connectivity index (χ1) is 9.27. The fraction of sp³-hybridized carbons (Fsp3) is 0.667. The van der Waals surface area contributed by atoms with Gasteiger partial charge in [-0.3, -0.25) is 0 Å². The predicted molar refractivity (Wildman–Crippen MR) is 95.1 cm³/mol. The van der Waals surface area contributed by atoms with E-state index < -0.39 is 0 Å². The third-order valence-electron chi connectivity index (χ3n) is 3.92. The van der Waals surface area contributed by atoms with E-state index in [0.717, 1.165) is 9.84 Å². The lowest BCUT2D eigenvalue weighted by atomic mass is 9.90. The summed E-state index contributed by atoms with van der Waals surface area (Å²) in [5.41, 5.74) is 1.50. The first kappa shape index (κ1) is 17.0. The van der Waals surface area contributed by atoms with Crippen LogP contribution in [-0.4, -0.2) is 3.92 Å². The van der Waals surface area contributed by atoms with Crippen LogP contribution in [0.5, 0.6) is 0 Å². The van der Waals surface area contributed by atoms with E-state index in [1.54, 1.807) is 0 Å². The molecule has 0 aromatic heterocycles. The standard InChI is InChI=1S/C18H29I/c1-3-5-12-17(18(19)13-6-4-2)15-14-16-10-8-7-9-11-16/h7-11,17-18H,3-6,12-15H2,1-2H3. The van der Waals surface area contributed by atoms with Gasteiger partial charge in [-0.2, -0.15) is 0 Å². The topological polar surface area (TPSA) is 0 Å². The van der Waals surface area contributed by atoms with Gasteiger partial charge in [0.1, 0.15) is 0 Å². The molecule has 0 aliphatic rings. The monoisotopic (exact) mass is 372 g/mol. The van der Waals surface area contributed by atoms with Gasteiger partial charge < -0.3 is 0 Å². The largest absolute Gasteiger partial charge is 0.0823 e. The highest BCUT2D eigenvalue weighted by molar-refractivity contribution is 14.1. The van der Waals surface area contributed by atoms with Crippen molar-refractivity contribution in [2.45, 2.75) is 69.1 Å². The van der Waals surface area contributed by atoms with Gasteiger partial charge in [-0.1, -0.05) is 92.5 Å². The maximum Gasteiger partial charge on any atom is 0.0138 e. The van der Waals surface area contributed by atoms with E-state index in [1.807, 2.05) is 0 Å². The Kier molecular flexibility index (Phi) is 9.58. The van der Waals surface area contributed by atoms with Crippen LogP contribution < -0.4 is 0 Å². The molecule has 1 aromatic carbocycles. The lowest BCUT2D eigenvalue weighted by Gasteiger charge is -2.22. The second-order valence-corrected chi connectivity index (χ2v) is 7.18. The van der Waals surface area contributed by atoms with Crippen molar-refractivity contribution in [2.75, 3.05) is 0 Å². The van der Waals surface area contributed by atoms with Crippen molar-refractivity contribution in [3.8, 4) is 0 Å². The van der Waals surface area contributed by atoms with Gasteiger partial charge in [-0.05, 0) is 37.2 Å². The Bertz CT molecular complexity index is 307. The van der Waals surface area contributed by atoms with Crippen molar-refractivity contribution in [1.29, 1.82) is 0 Å². The number of alkyl halides is 1. The molecule has 2 unspecified atom stereocenters. The Morgan fingerprint density at radius 2 is 1.53 bits per heavy atom. The normalized spacial score (nSPS) is 14.3. The number of hydrogen-bond acceptors (Lipinski definition) is 0. The Morgan fingerprint density at radius 1 is 0.895 bits per heavy atom. The highest BCUT2D eigenvalue weighted by Crippen LogP contribution is 2.28. The molecule has 0 bridgehead atoms. The van der Waals surface area contributed by atoms with Gasteiger partial charge in [0.2, 0.25) is 0 Å². The lowest BCUT2D eigenvalue weighted by Crippen LogP contribution is -2.15. The Balaban J connectivity index is 2.44. The van der Waals surface area contributed by atoms with E-state index in [9.17, 15) is 0 Å². The molecule has 0 saturated carbocycles. The van der Waals surface area contributed by atoms with Gasteiger partial charge >= 0.3 is 0 Å². The molecule has 2 atom stereocenters. The molecule has 0 amide bonds. The first-order valence-electron chi connectivity index (χ1n) is 7.95. The second kappa shape index (κ2) is 10.7. The molecule has 0 heterocycles. The zero-order valence-electron chi connectivity index (χ0n) is 12.6. The number of halogens is 1. The summed E-state index contributed by atoms with van der Waals surface area (Å²) in [7, 11) is 0. The molecule has 19 heavy (non-hydrogen) atoms. The molecule has 0 aliphatic heterocycles. The number of hydrogen-bond donors (Lipinski definition) is 0. The van der Waals surface area contributed by atoms with E-state index in [1.165, 1.54) is 56.9 Å². The quantitative estimate of drug-likeness (QED) is 0.328. The van der Waals surface area contributed by atoms with Crippen molar-refractivity contribution in [3.05, 3.63) is 35.9 Å². The highest BCUT2D eigenvalue weighted by Gasteiger charge is 2.17. The lowest BCUT2D eigenvalue weighted by molar-refractivity contribution is 0.412. The van der Waals surface area contributed by atoms with E-state index in [4.69, 9.17) is 0 Å². The molecule has 108 valence electrons. The zero-order chi connectivity index (χ0) is 13.9. The summed E-state index contributed by atoms with van der Waals surface area (Å²) >= 11 is 2.71. The van der Waals surface area contributed by atoms with Crippen LogP contribution in [0.4, 0.5) is 0 Å². The molecule has 1 aromatic rings. The van der Waals surface area contributed by atoms with Crippen LogP contribution in [0.15, 0.2) is 30.3 Å². The molecular weight excluding hydrogens is 343 g/mol. The minimum atomic E-state index is 0.868. The van der Waals surface area contributed by atoms with Gasteiger partial charge in [0.05, 0.1) is 0 Å². The summed E-state index contributed by atoms with van der Waals surface area (Å²) < 4.78 is 0.868. The third kappa shape index (κ3) is 7.34. The number of unbranched alkanes of at least 4 members (excludes halogenated alkanes) is 2. The fourth-order valence-corrected chi connectivity index (χ4v) is 3.76. The van der Waals surface area contributed by atoms with Crippen molar-refractivity contribution < 1.29 is 0 Å². The van der Waals surface area contributed by atoms with Crippen LogP contribution in [-0.2, 0) is 6.42 Å². The molecule has 0 radical (unpaired) electrons. The van der Waals surface area contributed by atoms with Crippen molar-refractivity contribution >= 4 is 22.6 Å². The SMILES string of the molecule is CCCCC(I)C(CCCC)CCc1ccccc1. The summed E-state index contributed by atoms with van der Waals surface area (Å²) in [5, 5.41) is 0. The average Bonchev–Trinajstić information content (AvgIpc) is 2.46. The molecule has 0 nitrogen and oxygen atoms in total. The minimum Gasteiger partial charge on any atom is -0.0823 e. The number of rotatable bonds is 10. The Morgan fingerprint density at radius 3 is 2.16 bits per heavy atom. The molecular formula is C18H29I. The summed E-state index contributed by atoms with van der Waals surface area (Å²) in [5.74, 6) is 0.910. The van der Waals surface area contributed by atoms with Gasteiger partial charge in [0.15, 0.2) is 0 Å². The molecule has 0 saturated heterocycles.